The van der Waals surface area contributed by atoms with Crippen molar-refractivity contribution < 1.29 is 14.3 Å². The highest BCUT2D eigenvalue weighted by molar-refractivity contribution is 5.95. The van der Waals surface area contributed by atoms with Gasteiger partial charge >= 0.3 is 0 Å². The number of hydrogen-bond acceptors (Lipinski definition) is 3. The standard InChI is InChI=1S/C15H20N2O3/c1-2-10-20-13-5-3-4-12(11-13)15(19)17-8-6-14(18)16-7-9-17/h3-5,11H,2,6-10H2,1H3,(H,16,18). The largest absolute Gasteiger partial charge is 0.494 e. The molecule has 0 unspecified atom stereocenters. The Morgan fingerprint density at radius 1 is 1.40 bits per heavy atom. The van der Waals surface area contributed by atoms with Gasteiger partial charge in [-0.15, -0.1) is 0 Å². The maximum Gasteiger partial charge on any atom is 0.254 e. The number of nitrogens with zero attached hydrogens (tertiary/aromatic N) is 1. The number of carbonyl (C=O) groups is 2. The van der Waals surface area contributed by atoms with Crippen molar-refractivity contribution >= 4 is 11.8 Å². The summed E-state index contributed by atoms with van der Waals surface area (Å²) in [4.78, 5) is 25.4. The molecule has 0 aromatic heterocycles. The van der Waals surface area contributed by atoms with E-state index in [-0.39, 0.29) is 11.8 Å². The van der Waals surface area contributed by atoms with Crippen LogP contribution in [0.15, 0.2) is 24.3 Å². The second-order valence-corrected chi connectivity index (χ2v) is 4.77. The highest BCUT2D eigenvalue weighted by atomic mass is 16.5. The van der Waals surface area contributed by atoms with Crippen LogP contribution in [0.3, 0.4) is 0 Å². The van der Waals surface area contributed by atoms with E-state index in [1.807, 2.05) is 19.1 Å². The summed E-state index contributed by atoms with van der Waals surface area (Å²) in [5, 5.41) is 2.76. The van der Waals surface area contributed by atoms with Gasteiger partial charge in [0.05, 0.1) is 6.61 Å². The maximum absolute atomic E-state index is 12.4. The van der Waals surface area contributed by atoms with Crippen LogP contribution in [0.2, 0.25) is 0 Å². The minimum Gasteiger partial charge on any atom is -0.494 e. The van der Waals surface area contributed by atoms with Crippen LogP contribution in [0.25, 0.3) is 0 Å². The fourth-order valence-electron chi connectivity index (χ4n) is 2.09. The van der Waals surface area contributed by atoms with Crippen molar-refractivity contribution in [1.82, 2.24) is 10.2 Å². The highest BCUT2D eigenvalue weighted by Gasteiger charge is 2.19. The molecule has 1 heterocycles. The molecule has 1 aliphatic rings. The SMILES string of the molecule is CCCOc1cccc(C(=O)N2CCNC(=O)CC2)c1. The number of hydrogen-bond donors (Lipinski definition) is 1. The Bertz CT molecular complexity index is 488. The first-order chi connectivity index (χ1) is 9.70. The summed E-state index contributed by atoms with van der Waals surface area (Å²) in [7, 11) is 0. The van der Waals surface area contributed by atoms with E-state index < -0.39 is 0 Å². The van der Waals surface area contributed by atoms with Crippen LogP contribution >= 0.6 is 0 Å². The Morgan fingerprint density at radius 3 is 3.05 bits per heavy atom. The third-order valence-electron chi connectivity index (χ3n) is 3.15. The van der Waals surface area contributed by atoms with Gasteiger partial charge in [-0.25, -0.2) is 0 Å². The summed E-state index contributed by atoms with van der Waals surface area (Å²) in [6.45, 7) is 4.20. The minimum atomic E-state index is -0.0524. The lowest BCUT2D eigenvalue weighted by molar-refractivity contribution is -0.120. The van der Waals surface area contributed by atoms with E-state index in [4.69, 9.17) is 4.74 Å². The van der Waals surface area contributed by atoms with E-state index in [0.717, 1.165) is 6.42 Å². The van der Waals surface area contributed by atoms with Gasteiger partial charge in [0.15, 0.2) is 0 Å². The number of rotatable bonds is 4. The lowest BCUT2D eigenvalue weighted by Crippen LogP contribution is -2.34. The first-order valence-corrected chi connectivity index (χ1v) is 6.99. The third kappa shape index (κ3) is 3.73. The molecule has 2 rings (SSSR count). The molecule has 0 spiro atoms. The molecule has 2 amide bonds. The molecular weight excluding hydrogens is 256 g/mol. The Kier molecular flexibility index (Phi) is 4.98. The Balaban J connectivity index is 2.06. The molecule has 108 valence electrons. The van der Waals surface area contributed by atoms with Crippen LogP contribution in [0.1, 0.15) is 30.1 Å². The fraction of sp³-hybridized carbons (Fsp3) is 0.467. The van der Waals surface area contributed by atoms with E-state index in [0.29, 0.717) is 44.0 Å². The first kappa shape index (κ1) is 14.4. The van der Waals surface area contributed by atoms with Crippen LogP contribution < -0.4 is 10.1 Å². The molecule has 1 fully saturated rings. The first-order valence-electron chi connectivity index (χ1n) is 6.99. The van der Waals surface area contributed by atoms with E-state index in [9.17, 15) is 9.59 Å². The van der Waals surface area contributed by atoms with Crippen molar-refractivity contribution in [1.29, 1.82) is 0 Å². The van der Waals surface area contributed by atoms with Gasteiger partial charge in [0, 0.05) is 31.6 Å². The van der Waals surface area contributed by atoms with Crippen molar-refractivity contribution in [3.05, 3.63) is 29.8 Å². The summed E-state index contributed by atoms with van der Waals surface area (Å²) in [6, 6.07) is 7.21. The predicted octanol–water partition coefficient (Wildman–Crippen LogP) is 1.44. The monoisotopic (exact) mass is 276 g/mol. The summed E-state index contributed by atoms with van der Waals surface area (Å²) < 4.78 is 5.54. The van der Waals surface area contributed by atoms with E-state index in [2.05, 4.69) is 5.32 Å². The van der Waals surface area contributed by atoms with Crippen LogP contribution in [-0.2, 0) is 4.79 Å². The number of amides is 2. The van der Waals surface area contributed by atoms with E-state index >= 15 is 0 Å². The molecule has 20 heavy (non-hydrogen) atoms. The van der Waals surface area contributed by atoms with Crippen LogP contribution in [-0.4, -0.2) is 43.0 Å². The molecule has 0 bridgehead atoms. The lowest BCUT2D eigenvalue weighted by Gasteiger charge is -2.19. The molecule has 0 radical (unpaired) electrons. The summed E-state index contributed by atoms with van der Waals surface area (Å²) >= 11 is 0. The third-order valence-corrected chi connectivity index (χ3v) is 3.15. The Labute approximate surface area is 118 Å². The molecule has 5 nitrogen and oxygen atoms in total. The Morgan fingerprint density at radius 2 is 2.25 bits per heavy atom. The molecule has 1 aromatic carbocycles. The van der Waals surface area contributed by atoms with Crippen LogP contribution in [0.4, 0.5) is 0 Å². The molecule has 5 heteroatoms. The van der Waals surface area contributed by atoms with Crippen molar-refractivity contribution in [2.75, 3.05) is 26.2 Å². The molecule has 0 aliphatic carbocycles. The summed E-state index contributed by atoms with van der Waals surface area (Å²) in [5.74, 6) is 0.658. The zero-order chi connectivity index (χ0) is 14.4. The van der Waals surface area contributed by atoms with Gasteiger partial charge in [-0.2, -0.15) is 0 Å². The average molecular weight is 276 g/mol. The van der Waals surface area contributed by atoms with Crippen molar-refractivity contribution in [2.45, 2.75) is 19.8 Å². The average Bonchev–Trinajstić information content (AvgIpc) is 2.69. The quantitative estimate of drug-likeness (QED) is 0.905. The smallest absolute Gasteiger partial charge is 0.254 e. The highest BCUT2D eigenvalue weighted by Crippen LogP contribution is 2.15. The van der Waals surface area contributed by atoms with Gasteiger partial charge in [-0.3, -0.25) is 9.59 Å². The zero-order valence-electron chi connectivity index (χ0n) is 11.7. The number of carbonyl (C=O) groups excluding carboxylic acids is 2. The van der Waals surface area contributed by atoms with Gasteiger partial charge in [-0.05, 0) is 24.6 Å². The van der Waals surface area contributed by atoms with Crippen molar-refractivity contribution in [2.24, 2.45) is 0 Å². The van der Waals surface area contributed by atoms with Crippen molar-refractivity contribution in [3.63, 3.8) is 0 Å². The molecule has 0 atom stereocenters. The van der Waals surface area contributed by atoms with E-state index in [1.54, 1.807) is 17.0 Å². The molecule has 1 aliphatic heterocycles. The van der Waals surface area contributed by atoms with Crippen LogP contribution in [0, 0.1) is 0 Å². The summed E-state index contributed by atoms with van der Waals surface area (Å²) in [5.41, 5.74) is 0.605. The molecule has 1 saturated heterocycles. The number of nitrogens with one attached hydrogen (secondary N) is 1. The minimum absolute atomic E-state index is 0.000305. The van der Waals surface area contributed by atoms with Gasteiger partial charge in [0.2, 0.25) is 5.91 Å². The van der Waals surface area contributed by atoms with Gasteiger partial charge in [0.25, 0.3) is 5.91 Å². The molecule has 1 aromatic rings. The zero-order valence-corrected chi connectivity index (χ0v) is 11.7. The van der Waals surface area contributed by atoms with Gasteiger partial charge in [-0.1, -0.05) is 13.0 Å². The topological polar surface area (TPSA) is 58.6 Å². The normalized spacial score (nSPS) is 15.4. The maximum atomic E-state index is 12.4. The fourth-order valence-corrected chi connectivity index (χ4v) is 2.09. The predicted molar refractivity (Wildman–Crippen MR) is 75.8 cm³/mol. The summed E-state index contributed by atoms with van der Waals surface area (Å²) in [6.07, 6.45) is 1.29. The van der Waals surface area contributed by atoms with Crippen LogP contribution in [0.5, 0.6) is 5.75 Å². The second kappa shape index (κ2) is 6.93. The lowest BCUT2D eigenvalue weighted by atomic mass is 10.2. The number of ether oxygens (including phenoxy) is 1. The van der Waals surface area contributed by atoms with Crippen molar-refractivity contribution in [3.8, 4) is 5.75 Å². The van der Waals surface area contributed by atoms with Gasteiger partial charge < -0.3 is 15.0 Å². The second-order valence-electron chi connectivity index (χ2n) is 4.77. The Hall–Kier alpha value is -2.04. The molecule has 1 N–H and O–H groups in total. The van der Waals surface area contributed by atoms with E-state index in [1.165, 1.54) is 0 Å². The number of benzene rings is 1. The molecular formula is C15H20N2O3. The van der Waals surface area contributed by atoms with Gasteiger partial charge in [0.1, 0.15) is 5.75 Å². The molecule has 0 saturated carbocycles.